The van der Waals surface area contributed by atoms with Crippen LogP contribution in [0.5, 0.6) is 0 Å². The molecule has 0 amide bonds. The van der Waals surface area contributed by atoms with E-state index in [4.69, 9.17) is 9.47 Å². The van der Waals surface area contributed by atoms with Gasteiger partial charge in [0.2, 0.25) is 0 Å². The molecule has 0 fully saturated rings. The molecule has 4 nitrogen and oxygen atoms in total. The van der Waals surface area contributed by atoms with E-state index in [1.165, 1.54) is 0 Å². The van der Waals surface area contributed by atoms with Gasteiger partial charge in [-0.05, 0) is 38.0 Å². The van der Waals surface area contributed by atoms with E-state index in [2.05, 4.69) is 0 Å². The fourth-order valence-electron chi connectivity index (χ4n) is 2.19. The number of rotatable bonds is 4. The lowest BCUT2D eigenvalue weighted by molar-refractivity contribution is 0.0525. The summed E-state index contributed by atoms with van der Waals surface area (Å²) >= 11 is 0. The zero-order valence-corrected chi connectivity index (χ0v) is 12.4. The van der Waals surface area contributed by atoms with Gasteiger partial charge in [-0.15, -0.1) is 0 Å². The molecule has 0 saturated heterocycles. The molecule has 0 aliphatic heterocycles. The van der Waals surface area contributed by atoms with Gasteiger partial charge in [0.1, 0.15) is 0 Å². The van der Waals surface area contributed by atoms with Crippen LogP contribution in [0.25, 0.3) is 11.1 Å². The fourth-order valence-corrected chi connectivity index (χ4v) is 2.19. The first-order valence-corrected chi connectivity index (χ1v) is 6.96. The van der Waals surface area contributed by atoms with Crippen molar-refractivity contribution in [3.8, 4) is 11.1 Å². The zero-order valence-electron chi connectivity index (χ0n) is 12.4. The average Bonchev–Trinajstić information content (AvgIpc) is 2.71. The quantitative estimate of drug-likeness (QED) is 0.808. The molecule has 0 saturated carbocycles. The number of fused-ring (bicyclic) bond motifs is 1. The molecule has 0 atom stereocenters. The van der Waals surface area contributed by atoms with Crippen LogP contribution in [0.2, 0.25) is 0 Å². The Bertz CT molecular complexity index is 593. The smallest absolute Gasteiger partial charge is 0.338 e. The first-order chi connectivity index (χ1) is 10.1. The number of hydrogen-bond donors (Lipinski definition) is 0. The summed E-state index contributed by atoms with van der Waals surface area (Å²) in [4.78, 5) is 24.1. The third kappa shape index (κ3) is 3.05. The molecule has 0 aromatic rings. The highest BCUT2D eigenvalue weighted by Crippen LogP contribution is 2.33. The van der Waals surface area contributed by atoms with Crippen LogP contribution >= 0.6 is 0 Å². The SMILES string of the molecule is CCOC(=O)c1cc(C(=O)OCC)c2ccc(C)ccc1-2. The molecule has 0 N–H and O–H groups in total. The molecule has 0 aromatic carbocycles. The molecule has 0 aromatic heterocycles. The standard InChI is InChI=1S/C17H18O4/c1-4-20-16(18)14-10-15(17(19)21-5-2)13-9-7-11(3)6-8-12(13)14/h6-10H,4-5H2,1-3H3. The van der Waals surface area contributed by atoms with Crippen molar-refractivity contribution < 1.29 is 19.1 Å². The topological polar surface area (TPSA) is 52.6 Å². The Morgan fingerprint density at radius 1 is 0.857 bits per heavy atom. The summed E-state index contributed by atoms with van der Waals surface area (Å²) in [5.74, 6) is -0.858. The van der Waals surface area contributed by atoms with Crippen LogP contribution in [-0.4, -0.2) is 25.2 Å². The minimum Gasteiger partial charge on any atom is -0.462 e. The monoisotopic (exact) mass is 286 g/mol. The minimum absolute atomic E-state index is 0.290. The summed E-state index contributed by atoms with van der Waals surface area (Å²) < 4.78 is 10.1. The molecule has 110 valence electrons. The molecule has 0 radical (unpaired) electrons. The van der Waals surface area contributed by atoms with E-state index in [9.17, 15) is 9.59 Å². The summed E-state index contributed by atoms with van der Waals surface area (Å²) in [5, 5.41) is 0. The summed E-state index contributed by atoms with van der Waals surface area (Å²) in [5.41, 5.74) is 3.22. The molecule has 0 heterocycles. The molecular weight excluding hydrogens is 268 g/mol. The van der Waals surface area contributed by atoms with Crippen molar-refractivity contribution in [1.29, 1.82) is 0 Å². The Kier molecular flexibility index (Phi) is 4.58. The summed E-state index contributed by atoms with van der Waals surface area (Å²) in [6, 6.07) is 9.02. The van der Waals surface area contributed by atoms with Crippen molar-refractivity contribution >= 4 is 11.9 Å². The molecule has 0 unspecified atom stereocenters. The molecule has 2 aliphatic rings. The van der Waals surface area contributed by atoms with Gasteiger partial charge in [0.25, 0.3) is 0 Å². The van der Waals surface area contributed by atoms with Crippen LogP contribution in [0.1, 0.15) is 40.1 Å². The maximum atomic E-state index is 12.1. The molecule has 0 bridgehead atoms. The number of ether oxygens (including phenoxy) is 2. The van der Waals surface area contributed by atoms with Crippen LogP contribution in [0.4, 0.5) is 0 Å². The number of aryl methyl sites for hydroxylation is 1. The van der Waals surface area contributed by atoms with Crippen LogP contribution in [0, 0.1) is 6.92 Å². The highest BCUT2D eigenvalue weighted by atomic mass is 16.5. The summed E-state index contributed by atoms with van der Waals surface area (Å²) in [6.07, 6.45) is 0. The van der Waals surface area contributed by atoms with E-state index in [0.717, 1.165) is 5.56 Å². The molecular formula is C17H18O4. The van der Waals surface area contributed by atoms with Gasteiger partial charge < -0.3 is 9.47 Å². The molecule has 2 aliphatic carbocycles. The fraction of sp³-hybridized carbons (Fsp3) is 0.294. The minimum atomic E-state index is -0.429. The van der Waals surface area contributed by atoms with Crippen LogP contribution in [-0.2, 0) is 9.47 Å². The Morgan fingerprint density at radius 3 is 1.67 bits per heavy atom. The summed E-state index contributed by atoms with van der Waals surface area (Å²) in [6.45, 7) is 6.03. The van der Waals surface area contributed by atoms with Gasteiger partial charge in [0.05, 0.1) is 24.3 Å². The van der Waals surface area contributed by atoms with Crippen molar-refractivity contribution in [3.63, 3.8) is 0 Å². The highest BCUT2D eigenvalue weighted by Gasteiger charge is 2.24. The second-order valence-corrected chi connectivity index (χ2v) is 4.65. The van der Waals surface area contributed by atoms with Crippen molar-refractivity contribution in [3.05, 3.63) is 47.0 Å². The first-order valence-electron chi connectivity index (χ1n) is 6.96. The number of hydrogen-bond acceptors (Lipinski definition) is 4. The number of esters is 2. The van der Waals surface area contributed by atoms with Crippen molar-refractivity contribution in [2.24, 2.45) is 0 Å². The van der Waals surface area contributed by atoms with Crippen LogP contribution < -0.4 is 0 Å². The largest absolute Gasteiger partial charge is 0.462 e. The Labute approximate surface area is 124 Å². The Balaban J connectivity index is 2.60. The van der Waals surface area contributed by atoms with Gasteiger partial charge in [0, 0.05) is 0 Å². The number of carbonyl (C=O) groups excluding carboxylic acids is 2. The van der Waals surface area contributed by atoms with E-state index in [-0.39, 0.29) is 13.2 Å². The number of carbonyl (C=O) groups is 2. The molecule has 0 spiro atoms. The second-order valence-electron chi connectivity index (χ2n) is 4.65. The normalized spacial score (nSPS) is 10.4. The van der Waals surface area contributed by atoms with Crippen LogP contribution in [0.15, 0.2) is 30.3 Å². The van der Waals surface area contributed by atoms with E-state index in [0.29, 0.717) is 22.3 Å². The van der Waals surface area contributed by atoms with E-state index in [1.54, 1.807) is 19.9 Å². The maximum Gasteiger partial charge on any atom is 0.338 e. The van der Waals surface area contributed by atoms with E-state index >= 15 is 0 Å². The lowest BCUT2D eigenvalue weighted by Gasteiger charge is -2.02. The Morgan fingerprint density at radius 2 is 1.29 bits per heavy atom. The van der Waals surface area contributed by atoms with Gasteiger partial charge in [-0.1, -0.05) is 29.8 Å². The third-order valence-electron chi connectivity index (χ3n) is 3.18. The average molecular weight is 286 g/mol. The second kappa shape index (κ2) is 6.39. The molecule has 21 heavy (non-hydrogen) atoms. The van der Waals surface area contributed by atoms with Crippen molar-refractivity contribution in [2.75, 3.05) is 13.2 Å². The van der Waals surface area contributed by atoms with Gasteiger partial charge in [-0.2, -0.15) is 0 Å². The maximum absolute atomic E-state index is 12.1. The van der Waals surface area contributed by atoms with Gasteiger partial charge in [-0.25, -0.2) is 9.59 Å². The van der Waals surface area contributed by atoms with Crippen LogP contribution in [0.3, 0.4) is 0 Å². The first kappa shape index (κ1) is 15.0. The lowest BCUT2D eigenvalue weighted by atomic mass is 10.1. The predicted octanol–water partition coefficient (Wildman–Crippen LogP) is 3.45. The zero-order chi connectivity index (χ0) is 15.4. The Hall–Kier alpha value is -2.36. The molecule has 2 rings (SSSR count). The summed E-state index contributed by atoms with van der Waals surface area (Å²) in [7, 11) is 0. The lowest BCUT2D eigenvalue weighted by Crippen LogP contribution is -2.05. The van der Waals surface area contributed by atoms with Gasteiger partial charge >= 0.3 is 11.9 Å². The van der Waals surface area contributed by atoms with Gasteiger partial charge in [0.15, 0.2) is 0 Å². The van der Waals surface area contributed by atoms with Crippen molar-refractivity contribution in [1.82, 2.24) is 0 Å². The highest BCUT2D eigenvalue weighted by molar-refractivity contribution is 6.07. The molecule has 4 heteroatoms. The van der Waals surface area contributed by atoms with Crippen molar-refractivity contribution in [2.45, 2.75) is 20.8 Å². The van der Waals surface area contributed by atoms with Gasteiger partial charge in [-0.3, -0.25) is 0 Å². The predicted molar refractivity (Wildman–Crippen MR) is 79.7 cm³/mol. The third-order valence-corrected chi connectivity index (χ3v) is 3.18. The van der Waals surface area contributed by atoms with E-state index < -0.39 is 11.9 Å². The van der Waals surface area contributed by atoms with E-state index in [1.807, 2.05) is 31.2 Å².